The highest BCUT2D eigenvalue weighted by molar-refractivity contribution is 9.10. The van der Waals surface area contributed by atoms with Crippen molar-refractivity contribution in [2.24, 2.45) is 4.99 Å². The molecule has 36 heavy (non-hydrogen) atoms. The molecule has 0 spiro atoms. The van der Waals surface area contributed by atoms with Crippen LogP contribution < -0.4 is 9.47 Å². The fraction of sp³-hybridized carbons (Fsp3) is 0.154. The second kappa shape index (κ2) is 11.7. The van der Waals surface area contributed by atoms with E-state index in [1.165, 1.54) is 23.9 Å². The standard InChI is InChI=1S/C26H20BrCl2FN2O3S/c1-3-32-25(33)23(36-26(32)31-19-8-6-18(30)7-9-19)12-15-10-20(27)24(22(11-15)34-2)35-14-16-4-5-17(28)13-21(16)29/h4-13H,3,14H2,1-2H3/b23-12+,31-26?. The maximum Gasteiger partial charge on any atom is 0.266 e. The highest BCUT2D eigenvalue weighted by atomic mass is 79.9. The van der Waals surface area contributed by atoms with Crippen LogP contribution in [-0.2, 0) is 11.4 Å². The third-order valence-electron chi connectivity index (χ3n) is 5.19. The van der Waals surface area contributed by atoms with E-state index in [1.54, 1.807) is 54.5 Å². The number of hydrogen-bond donors (Lipinski definition) is 0. The number of carbonyl (C=O) groups is 1. The first-order valence-corrected chi connectivity index (χ1v) is 13.2. The first kappa shape index (κ1) is 26.5. The van der Waals surface area contributed by atoms with Crippen LogP contribution in [0.25, 0.3) is 6.08 Å². The van der Waals surface area contributed by atoms with E-state index in [1.807, 2.05) is 13.0 Å². The van der Waals surface area contributed by atoms with Gasteiger partial charge in [-0.25, -0.2) is 9.38 Å². The molecule has 5 nitrogen and oxygen atoms in total. The average Bonchev–Trinajstić information content (AvgIpc) is 3.14. The van der Waals surface area contributed by atoms with Gasteiger partial charge in [0.05, 0.1) is 22.2 Å². The van der Waals surface area contributed by atoms with E-state index in [2.05, 4.69) is 20.9 Å². The molecule has 0 unspecified atom stereocenters. The summed E-state index contributed by atoms with van der Waals surface area (Å²) in [6.45, 7) is 2.55. The van der Waals surface area contributed by atoms with Crippen LogP contribution in [0.3, 0.4) is 0 Å². The summed E-state index contributed by atoms with van der Waals surface area (Å²) in [6, 6.07) is 14.6. The number of hydrogen-bond acceptors (Lipinski definition) is 5. The van der Waals surface area contributed by atoms with Gasteiger partial charge in [-0.1, -0.05) is 29.3 Å². The number of nitrogens with zero attached hydrogens (tertiary/aromatic N) is 2. The fourth-order valence-electron chi connectivity index (χ4n) is 3.40. The Bertz CT molecular complexity index is 1370. The molecule has 1 amide bonds. The highest BCUT2D eigenvalue weighted by Crippen LogP contribution is 2.40. The molecular formula is C26H20BrCl2FN2O3S. The summed E-state index contributed by atoms with van der Waals surface area (Å²) in [4.78, 5) is 19.6. The van der Waals surface area contributed by atoms with Gasteiger partial charge >= 0.3 is 0 Å². The Morgan fingerprint density at radius 3 is 2.56 bits per heavy atom. The van der Waals surface area contributed by atoms with Gasteiger partial charge in [-0.3, -0.25) is 9.69 Å². The minimum Gasteiger partial charge on any atom is -0.493 e. The van der Waals surface area contributed by atoms with Crippen molar-refractivity contribution in [3.63, 3.8) is 0 Å². The fourth-order valence-corrected chi connectivity index (χ4v) is 5.50. The van der Waals surface area contributed by atoms with Gasteiger partial charge < -0.3 is 9.47 Å². The number of aliphatic imine (C=N–C) groups is 1. The number of amides is 1. The Kier molecular flexibility index (Phi) is 8.62. The number of rotatable bonds is 7. The lowest BCUT2D eigenvalue weighted by molar-refractivity contribution is -0.122. The molecule has 0 N–H and O–H groups in total. The van der Waals surface area contributed by atoms with E-state index in [0.29, 0.717) is 48.3 Å². The van der Waals surface area contributed by atoms with Crippen LogP contribution in [0.15, 0.2) is 69.0 Å². The Balaban J connectivity index is 1.59. The number of thioether (sulfide) groups is 1. The Labute approximate surface area is 231 Å². The molecule has 0 aromatic heterocycles. The monoisotopic (exact) mass is 608 g/mol. The van der Waals surface area contributed by atoms with E-state index < -0.39 is 0 Å². The molecule has 3 aromatic rings. The summed E-state index contributed by atoms with van der Waals surface area (Å²) < 4.78 is 25.4. The Morgan fingerprint density at radius 2 is 1.89 bits per heavy atom. The van der Waals surface area contributed by atoms with E-state index in [9.17, 15) is 9.18 Å². The van der Waals surface area contributed by atoms with Crippen molar-refractivity contribution in [3.8, 4) is 11.5 Å². The molecule has 0 atom stereocenters. The number of amidine groups is 1. The third-order valence-corrected chi connectivity index (χ3v) is 7.37. The first-order chi connectivity index (χ1) is 17.3. The maximum atomic E-state index is 13.2. The van der Waals surface area contributed by atoms with Crippen molar-refractivity contribution in [2.75, 3.05) is 13.7 Å². The van der Waals surface area contributed by atoms with Crippen molar-refractivity contribution in [2.45, 2.75) is 13.5 Å². The van der Waals surface area contributed by atoms with Crippen LogP contribution in [0, 0.1) is 5.82 Å². The van der Waals surface area contributed by atoms with Crippen molar-refractivity contribution in [3.05, 3.63) is 91.0 Å². The van der Waals surface area contributed by atoms with Gasteiger partial charge in [0.25, 0.3) is 5.91 Å². The predicted octanol–water partition coefficient (Wildman–Crippen LogP) is 8.11. The van der Waals surface area contributed by atoms with Crippen LogP contribution in [0.4, 0.5) is 10.1 Å². The van der Waals surface area contributed by atoms with E-state index >= 15 is 0 Å². The largest absolute Gasteiger partial charge is 0.493 e. The number of methoxy groups -OCH3 is 1. The zero-order valence-electron chi connectivity index (χ0n) is 19.2. The molecule has 0 bridgehead atoms. The lowest BCUT2D eigenvalue weighted by atomic mass is 10.1. The molecule has 0 aliphatic carbocycles. The molecule has 1 heterocycles. The summed E-state index contributed by atoms with van der Waals surface area (Å²) in [5.41, 5.74) is 2.09. The average molecular weight is 610 g/mol. The molecule has 3 aromatic carbocycles. The van der Waals surface area contributed by atoms with Gasteiger partial charge in [-0.05, 0) is 94.8 Å². The van der Waals surface area contributed by atoms with Gasteiger partial charge in [-0.15, -0.1) is 0 Å². The third kappa shape index (κ3) is 6.06. The van der Waals surface area contributed by atoms with Crippen LogP contribution in [0.5, 0.6) is 11.5 Å². The number of halogens is 4. The zero-order valence-corrected chi connectivity index (χ0v) is 23.1. The van der Waals surface area contributed by atoms with Crippen molar-refractivity contribution < 1.29 is 18.7 Å². The van der Waals surface area contributed by atoms with Crippen molar-refractivity contribution >= 4 is 73.7 Å². The summed E-state index contributed by atoms with van der Waals surface area (Å²) in [6.07, 6.45) is 1.77. The number of ether oxygens (including phenoxy) is 2. The van der Waals surface area contributed by atoms with Crippen LogP contribution in [0.1, 0.15) is 18.1 Å². The summed E-state index contributed by atoms with van der Waals surface area (Å²) >= 11 is 17.0. The van der Waals surface area contributed by atoms with E-state index in [-0.39, 0.29) is 18.3 Å². The van der Waals surface area contributed by atoms with Gasteiger partial charge in [-0.2, -0.15) is 0 Å². The molecule has 1 fully saturated rings. The van der Waals surface area contributed by atoms with E-state index in [0.717, 1.165) is 11.1 Å². The predicted molar refractivity (Wildman–Crippen MR) is 148 cm³/mol. The molecule has 186 valence electrons. The number of likely N-dealkylation sites (N-methyl/N-ethyl adjacent to an activating group) is 1. The normalized spacial score (nSPS) is 15.7. The maximum absolute atomic E-state index is 13.2. The number of carbonyl (C=O) groups excluding carboxylic acids is 1. The van der Waals surface area contributed by atoms with Gasteiger partial charge in [0.15, 0.2) is 16.7 Å². The molecule has 1 aliphatic rings. The summed E-state index contributed by atoms with van der Waals surface area (Å²) in [5.74, 6) is 0.496. The van der Waals surface area contributed by atoms with Crippen LogP contribution in [0.2, 0.25) is 10.0 Å². The molecule has 0 saturated carbocycles. The summed E-state index contributed by atoms with van der Waals surface area (Å²) in [7, 11) is 1.54. The molecule has 1 aliphatic heterocycles. The quantitative estimate of drug-likeness (QED) is 0.254. The first-order valence-electron chi connectivity index (χ1n) is 10.8. The van der Waals surface area contributed by atoms with Crippen LogP contribution >= 0.6 is 50.9 Å². The second-order valence-corrected chi connectivity index (χ2v) is 10.3. The molecule has 1 saturated heterocycles. The van der Waals surface area contributed by atoms with E-state index in [4.69, 9.17) is 32.7 Å². The minimum atomic E-state index is -0.342. The Morgan fingerprint density at radius 1 is 1.14 bits per heavy atom. The lowest BCUT2D eigenvalue weighted by Gasteiger charge is -2.14. The topological polar surface area (TPSA) is 51.1 Å². The van der Waals surface area contributed by atoms with Gasteiger partial charge in [0.1, 0.15) is 12.4 Å². The number of benzene rings is 3. The molecule has 10 heteroatoms. The molecule has 4 rings (SSSR count). The molecule has 0 radical (unpaired) electrons. The lowest BCUT2D eigenvalue weighted by Crippen LogP contribution is -2.28. The van der Waals surface area contributed by atoms with Crippen molar-refractivity contribution in [1.82, 2.24) is 4.90 Å². The highest BCUT2D eigenvalue weighted by Gasteiger charge is 2.32. The second-order valence-electron chi connectivity index (χ2n) is 7.59. The molecular weight excluding hydrogens is 590 g/mol. The smallest absolute Gasteiger partial charge is 0.266 e. The van der Waals surface area contributed by atoms with Crippen LogP contribution in [-0.4, -0.2) is 29.6 Å². The van der Waals surface area contributed by atoms with Gasteiger partial charge in [0, 0.05) is 22.2 Å². The zero-order chi connectivity index (χ0) is 25.8. The SMILES string of the molecule is CCN1C(=O)/C(=C\c2cc(Br)c(OCc3ccc(Cl)cc3Cl)c(OC)c2)SC1=Nc1ccc(F)cc1. The van der Waals surface area contributed by atoms with Crippen molar-refractivity contribution in [1.29, 1.82) is 0 Å². The van der Waals surface area contributed by atoms with Gasteiger partial charge in [0.2, 0.25) is 0 Å². The minimum absolute atomic E-state index is 0.156. The Hall–Kier alpha value is -2.52. The summed E-state index contributed by atoms with van der Waals surface area (Å²) in [5, 5.41) is 1.59.